The van der Waals surface area contributed by atoms with Gasteiger partial charge >= 0.3 is 0 Å². The second kappa shape index (κ2) is 9.74. The highest BCUT2D eigenvalue weighted by molar-refractivity contribution is 5.90. The molecule has 0 unspecified atom stereocenters. The Hall–Kier alpha value is -3.08. The summed E-state index contributed by atoms with van der Waals surface area (Å²) in [6, 6.07) is 16.0. The number of hydrogen-bond acceptors (Lipinski definition) is 3. The molecule has 0 aliphatic carbocycles. The van der Waals surface area contributed by atoms with Gasteiger partial charge in [-0.2, -0.15) is 5.10 Å². The first-order valence-corrected chi connectivity index (χ1v) is 9.66. The maximum atomic E-state index is 12.2. The van der Waals surface area contributed by atoms with Crippen LogP contribution in [-0.2, 0) is 11.3 Å². The fourth-order valence-electron chi connectivity index (χ4n) is 2.98. The molecule has 0 radical (unpaired) electrons. The third-order valence-electron chi connectivity index (χ3n) is 4.51. The Morgan fingerprint density at radius 1 is 1.11 bits per heavy atom. The lowest BCUT2D eigenvalue weighted by molar-refractivity contribution is -0.116. The minimum Gasteiger partial charge on any atom is -0.493 e. The van der Waals surface area contributed by atoms with Crippen LogP contribution in [0, 0.1) is 13.8 Å². The number of carbonyl (C=O) groups is 1. The van der Waals surface area contributed by atoms with E-state index in [-0.39, 0.29) is 5.91 Å². The first-order chi connectivity index (χ1) is 13.6. The molecule has 1 amide bonds. The second-order valence-corrected chi connectivity index (χ2v) is 7.03. The molecule has 0 aliphatic rings. The molecule has 5 nitrogen and oxygen atoms in total. The van der Waals surface area contributed by atoms with Gasteiger partial charge in [0.2, 0.25) is 5.91 Å². The smallest absolute Gasteiger partial charge is 0.224 e. The van der Waals surface area contributed by atoms with E-state index in [0.717, 1.165) is 35.4 Å². The van der Waals surface area contributed by atoms with E-state index < -0.39 is 0 Å². The molecule has 2 aromatic carbocycles. The van der Waals surface area contributed by atoms with Crippen LogP contribution in [0.3, 0.4) is 0 Å². The van der Waals surface area contributed by atoms with E-state index in [1.807, 2.05) is 48.1 Å². The van der Waals surface area contributed by atoms with Crippen LogP contribution in [0.2, 0.25) is 0 Å². The van der Waals surface area contributed by atoms with E-state index in [2.05, 4.69) is 35.5 Å². The first kappa shape index (κ1) is 19.7. The van der Waals surface area contributed by atoms with Crippen LogP contribution in [0.4, 0.5) is 5.69 Å². The minimum absolute atomic E-state index is 0.0305. The Morgan fingerprint density at radius 3 is 2.82 bits per heavy atom. The highest BCUT2D eigenvalue weighted by Crippen LogP contribution is 2.19. The van der Waals surface area contributed by atoms with Gasteiger partial charge in [0.25, 0.3) is 0 Å². The van der Waals surface area contributed by atoms with Crippen molar-refractivity contribution in [2.75, 3.05) is 11.9 Å². The molecular formula is C23H27N3O2. The van der Waals surface area contributed by atoms with Gasteiger partial charge in [-0.1, -0.05) is 24.3 Å². The van der Waals surface area contributed by atoms with Crippen LogP contribution < -0.4 is 10.1 Å². The van der Waals surface area contributed by atoms with Crippen molar-refractivity contribution in [2.24, 2.45) is 0 Å². The molecule has 0 aliphatic heterocycles. The van der Waals surface area contributed by atoms with Gasteiger partial charge in [-0.25, -0.2) is 0 Å². The number of ether oxygens (including phenoxy) is 1. The number of hydrogen-bond donors (Lipinski definition) is 1. The Bertz CT molecular complexity index is 904. The summed E-state index contributed by atoms with van der Waals surface area (Å²) >= 11 is 0. The molecule has 1 heterocycles. The summed E-state index contributed by atoms with van der Waals surface area (Å²) in [6.45, 7) is 5.41. The fraction of sp³-hybridized carbons (Fsp3) is 0.304. The third kappa shape index (κ3) is 5.98. The molecular weight excluding hydrogens is 350 g/mol. The number of aromatic nitrogens is 2. The first-order valence-electron chi connectivity index (χ1n) is 9.66. The van der Waals surface area contributed by atoms with Crippen molar-refractivity contribution in [2.45, 2.75) is 39.7 Å². The molecule has 1 aromatic heterocycles. The minimum atomic E-state index is 0.0305. The van der Waals surface area contributed by atoms with E-state index in [1.165, 1.54) is 5.56 Å². The van der Waals surface area contributed by atoms with Crippen molar-refractivity contribution in [1.82, 2.24) is 9.78 Å². The van der Waals surface area contributed by atoms with Crippen LogP contribution >= 0.6 is 0 Å². The molecule has 0 saturated carbocycles. The number of benzene rings is 2. The lowest BCUT2D eigenvalue weighted by atomic mass is 10.1. The molecule has 5 heteroatoms. The van der Waals surface area contributed by atoms with E-state index in [1.54, 1.807) is 6.20 Å². The number of aryl methyl sites for hydroxylation is 2. The van der Waals surface area contributed by atoms with Crippen LogP contribution in [0.1, 0.15) is 36.0 Å². The summed E-state index contributed by atoms with van der Waals surface area (Å²) in [5.74, 6) is 0.960. The summed E-state index contributed by atoms with van der Waals surface area (Å²) in [7, 11) is 0. The van der Waals surface area contributed by atoms with Crippen molar-refractivity contribution in [1.29, 1.82) is 0 Å². The monoisotopic (exact) mass is 377 g/mol. The summed E-state index contributed by atoms with van der Waals surface area (Å²) < 4.78 is 7.70. The molecule has 0 spiro atoms. The van der Waals surface area contributed by atoms with E-state index in [9.17, 15) is 4.79 Å². The molecule has 3 rings (SSSR count). The lowest BCUT2D eigenvalue weighted by Crippen LogP contribution is -2.12. The normalized spacial score (nSPS) is 10.6. The van der Waals surface area contributed by atoms with Gasteiger partial charge < -0.3 is 10.1 Å². The largest absolute Gasteiger partial charge is 0.493 e. The topological polar surface area (TPSA) is 56.1 Å². The summed E-state index contributed by atoms with van der Waals surface area (Å²) in [6.07, 6.45) is 5.81. The fourth-order valence-corrected chi connectivity index (χ4v) is 2.98. The highest BCUT2D eigenvalue weighted by Gasteiger charge is 2.05. The lowest BCUT2D eigenvalue weighted by Gasteiger charge is -2.10. The zero-order valence-corrected chi connectivity index (χ0v) is 16.5. The number of unbranched alkanes of at least 4 members (excludes halogenated alkanes) is 1. The van der Waals surface area contributed by atoms with Gasteiger partial charge in [0.1, 0.15) is 5.75 Å². The zero-order chi connectivity index (χ0) is 19.8. The zero-order valence-electron chi connectivity index (χ0n) is 16.5. The van der Waals surface area contributed by atoms with Crippen LogP contribution in [-0.4, -0.2) is 22.3 Å². The average molecular weight is 377 g/mol. The summed E-state index contributed by atoms with van der Waals surface area (Å²) in [5, 5.41) is 7.19. The number of amides is 1. The molecule has 0 saturated heterocycles. The highest BCUT2D eigenvalue weighted by atomic mass is 16.5. The predicted octanol–water partition coefficient (Wildman–Crippen LogP) is 4.74. The number of carbonyl (C=O) groups excluding carboxylic acids is 1. The molecule has 0 bridgehead atoms. The Balaban J connectivity index is 1.39. The average Bonchev–Trinajstić information content (AvgIpc) is 3.17. The Kier molecular flexibility index (Phi) is 6.84. The third-order valence-corrected chi connectivity index (χ3v) is 4.51. The van der Waals surface area contributed by atoms with Gasteiger partial charge in [0, 0.05) is 24.5 Å². The molecule has 28 heavy (non-hydrogen) atoms. The van der Waals surface area contributed by atoms with Crippen molar-refractivity contribution >= 4 is 11.6 Å². The number of rotatable bonds is 9. The van der Waals surface area contributed by atoms with Crippen molar-refractivity contribution in [3.8, 4) is 5.75 Å². The van der Waals surface area contributed by atoms with Crippen molar-refractivity contribution < 1.29 is 9.53 Å². The SMILES string of the molecule is Cc1ccc(C)c(OCCCCC(=O)Nc2cccc(Cn3cccn3)c2)c1. The van der Waals surface area contributed by atoms with Crippen molar-refractivity contribution in [3.63, 3.8) is 0 Å². The molecule has 0 atom stereocenters. The Morgan fingerprint density at radius 2 is 2.00 bits per heavy atom. The van der Waals surface area contributed by atoms with Crippen LogP contribution in [0.5, 0.6) is 5.75 Å². The number of anilines is 1. The number of nitrogens with zero attached hydrogens (tertiary/aromatic N) is 2. The van der Waals surface area contributed by atoms with Gasteiger partial charge in [-0.3, -0.25) is 9.48 Å². The van der Waals surface area contributed by atoms with Gasteiger partial charge in [-0.05, 0) is 67.6 Å². The van der Waals surface area contributed by atoms with Gasteiger partial charge in [-0.15, -0.1) is 0 Å². The van der Waals surface area contributed by atoms with E-state index in [4.69, 9.17) is 4.74 Å². The van der Waals surface area contributed by atoms with Gasteiger partial charge in [0.15, 0.2) is 0 Å². The standard InChI is InChI=1S/C23H27N3O2/c1-18-10-11-19(2)22(15-18)28-14-4-3-9-23(27)25-21-8-5-7-20(16-21)17-26-13-6-12-24-26/h5-8,10-13,15-16H,3-4,9,14,17H2,1-2H3,(H,25,27). The van der Waals surface area contributed by atoms with E-state index in [0.29, 0.717) is 19.6 Å². The Labute approximate surface area is 166 Å². The molecule has 0 fully saturated rings. The molecule has 3 aromatic rings. The maximum absolute atomic E-state index is 12.2. The molecule has 1 N–H and O–H groups in total. The van der Waals surface area contributed by atoms with Crippen molar-refractivity contribution in [3.05, 3.63) is 77.6 Å². The van der Waals surface area contributed by atoms with Crippen LogP contribution in [0.15, 0.2) is 60.9 Å². The quantitative estimate of drug-likeness (QED) is 0.548. The predicted molar refractivity (Wildman–Crippen MR) is 112 cm³/mol. The van der Waals surface area contributed by atoms with E-state index >= 15 is 0 Å². The summed E-state index contributed by atoms with van der Waals surface area (Å²) in [5.41, 5.74) is 4.25. The second-order valence-electron chi connectivity index (χ2n) is 7.03. The number of nitrogens with one attached hydrogen (secondary N) is 1. The summed E-state index contributed by atoms with van der Waals surface area (Å²) in [4.78, 5) is 12.2. The van der Waals surface area contributed by atoms with Gasteiger partial charge in [0.05, 0.1) is 13.2 Å². The van der Waals surface area contributed by atoms with Crippen LogP contribution in [0.25, 0.3) is 0 Å². The maximum Gasteiger partial charge on any atom is 0.224 e. The molecule has 146 valence electrons.